The molecule has 7 heteroatoms. The Hall–Kier alpha value is -1.92. The zero-order valence-corrected chi connectivity index (χ0v) is 10.7. The molecular formula is C13H13F4N3. The molecule has 1 aliphatic rings. The second-order valence-electron chi connectivity index (χ2n) is 4.58. The van der Waals surface area contributed by atoms with E-state index >= 15 is 0 Å². The Morgan fingerprint density at radius 1 is 1.30 bits per heavy atom. The average Bonchev–Trinajstić information content (AvgIpc) is 2.38. The van der Waals surface area contributed by atoms with Gasteiger partial charge in [0.1, 0.15) is 11.7 Å². The van der Waals surface area contributed by atoms with E-state index in [1.165, 1.54) is 6.07 Å². The van der Waals surface area contributed by atoms with Crippen LogP contribution in [0.1, 0.15) is 30.9 Å². The highest BCUT2D eigenvalue weighted by atomic mass is 19.4. The summed E-state index contributed by atoms with van der Waals surface area (Å²) in [6.45, 7) is 1.88. The van der Waals surface area contributed by atoms with E-state index in [1.54, 1.807) is 0 Å². The Labute approximate surface area is 113 Å². The predicted molar refractivity (Wildman–Crippen MR) is 68.0 cm³/mol. The molecule has 0 aromatic heterocycles. The minimum Gasteiger partial charge on any atom is -0.386 e. The monoisotopic (exact) mass is 287 g/mol. The minimum atomic E-state index is -4.74. The Morgan fingerprint density at radius 2 is 2.00 bits per heavy atom. The number of hydrogen-bond acceptors (Lipinski definition) is 3. The summed E-state index contributed by atoms with van der Waals surface area (Å²) in [7, 11) is 0. The van der Waals surface area contributed by atoms with Gasteiger partial charge in [0.15, 0.2) is 0 Å². The topological polar surface area (TPSA) is 50.7 Å². The highest BCUT2D eigenvalue weighted by molar-refractivity contribution is 6.05. The van der Waals surface area contributed by atoms with Gasteiger partial charge in [-0.15, -0.1) is 5.10 Å². The van der Waals surface area contributed by atoms with Gasteiger partial charge in [-0.25, -0.2) is 4.39 Å². The third-order valence-electron chi connectivity index (χ3n) is 3.19. The molecule has 3 nitrogen and oxygen atoms in total. The summed E-state index contributed by atoms with van der Waals surface area (Å²) >= 11 is 0. The van der Waals surface area contributed by atoms with Crippen LogP contribution in [0.15, 0.2) is 28.4 Å². The van der Waals surface area contributed by atoms with Crippen molar-refractivity contribution in [3.8, 4) is 0 Å². The van der Waals surface area contributed by atoms with Crippen LogP contribution >= 0.6 is 0 Å². The zero-order chi connectivity index (χ0) is 14.9. The van der Waals surface area contributed by atoms with Crippen molar-refractivity contribution in [3.63, 3.8) is 0 Å². The first-order chi connectivity index (χ1) is 9.32. The number of nitrogens with two attached hydrogens (primary N) is 1. The molecule has 0 fully saturated rings. The molecule has 0 saturated carbocycles. The van der Waals surface area contributed by atoms with Crippen LogP contribution in [0.25, 0.3) is 0 Å². The van der Waals surface area contributed by atoms with Gasteiger partial charge in [-0.05, 0) is 24.1 Å². The lowest BCUT2D eigenvalue weighted by Gasteiger charge is -2.20. The van der Waals surface area contributed by atoms with Crippen LogP contribution in [0.4, 0.5) is 17.6 Å². The number of benzene rings is 1. The van der Waals surface area contributed by atoms with Gasteiger partial charge in [0.2, 0.25) is 0 Å². The summed E-state index contributed by atoms with van der Waals surface area (Å²) in [5, 5.41) is 7.58. The number of nitrogens with zero attached hydrogens (tertiary/aromatic N) is 2. The molecule has 20 heavy (non-hydrogen) atoms. The lowest BCUT2D eigenvalue weighted by molar-refractivity contribution is -0.140. The SMILES string of the molecule is CCC1CC(N)=NN=C1c1ccc(F)c(C(F)(F)F)c1. The first-order valence-electron chi connectivity index (χ1n) is 6.10. The zero-order valence-electron chi connectivity index (χ0n) is 10.7. The maximum Gasteiger partial charge on any atom is 0.419 e. The lowest BCUT2D eigenvalue weighted by Crippen LogP contribution is -2.27. The van der Waals surface area contributed by atoms with Crippen molar-refractivity contribution in [1.82, 2.24) is 0 Å². The fourth-order valence-electron chi connectivity index (χ4n) is 2.12. The van der Waals surface area contributed by atoms with Crippen LogP contribution in [0, 0.1) is 11.7 Å². The number of halogens is 4. The molecule has 1 aromatic carbocycles. The smallest absolute Gasteiger partial charge is 0.386 e. The van der Waals surface area contributed by atoms with Crippen molar-refractivity contribution in [2.75, 3.05) is 0 Å². The molecule has 2 rings (SSSR count). The third-order valence-corrected chi connectivity index (χ3v) is 3.19. The molecule has 0 radical (unpaired) electrons. The van der Waals surface area contributed by atoms with E-state index < -0.39 is 17.6 Å². The summed E-state index contributed by atoms with van der Waals surface area (Å²) in [6, 6.07) is 2.85. The summed E-state index contributed by atoms with van der Waals surface area (Å²) < 4.78 is 51.4. The van der Waals surface area contributed by atoms with E-state index in [2.05, 4.69) is 10.2 Å². The molecule has 1 aromatic rings. The fourth-order valence-corrected chi connectivity index (χ4v) is 2.12. The van der Waals surface area contributed by atoms with Crippen molar-refractivity contribution in [2.45, 2.75) is 25.9 Å². The third kappa shape index (κ3) is 2.81. The van der Waals surface area contributed by atoms with Gasteiger partial charge in [-0.2, -0.15) is 18.3 Å². The Balaban J connectivity index is 2.48. The quantitative estimate of drug-likeness (QED) is 0.833. The standard InChI is InChI=1S/C13H13F4N3/c1-2-7-6-11(18)19-20-12(7)8-3-4-10(14)9(5-8)13(15,16)17/h3-5,7H,2,6H2,1H3,(H2,18,19). The van der Waals surface area contributed by atoms with E-state index in [1.807, 2.05) is 6.92 Å². The van der Waals surface area contributed by atoms with Crippen molar-refractivity contribution in [1.29, 1.82) is 0 Å². The van der Waals surface area contributed by atoms with E-state index in [-0.39, 0.29) is 11.5 Å². The fraction of sp³-hybridized carbons (Fsp3) is 0.385. The maximum atomic E-state index is 13.3. The second-order valence-corrected chi connectivity index (χ2v) is 4.58. The Kier molecular flexibility index (Phi) is 3.78. The average molecular weight is 287 g/mol. The molecule has 0 saturated heterocycles. The number of rotatable bonds is 2. The molecule has 0 bridgehead atoms. The van der Waals surface area contributed by atoms with E-state index in [9.17, 15) is 17.6 Å². The van der Waals surface area contributed by atoms with Gasteiger partial charge >= 0.3 is 6.18 Å². The molecule has 1 unspecified atom stereocenters. The maximum absolute atomic E-state index is 13.3. The molecule has 0 amide bonds. The molecule has 1 aliphatic heterocycles. The molecule has 0 spiro atoms. The highest BCUT2D eigenvalue weighted by Gasteiger charge is 2.35. The Bertz CT molecular complexity index is 575. The van der Waals surface area contributed by atoms with Crippen molar-refractivity contribution >= 4 is 11.5 Å². The molecule has 1 heterocycles. The van der Waals surface area contributed by atoms with E-state index in [0.717, 1.165) is 12.1 Å². The van der Waals surface area contributed by atoms with Gasteiger partial charge < -0.3 is 5.73 Å². The van der Waals surface area contributed by atoms with E-state index in [4.69, 9.17) is 5.73 Å². The van der Waals surface area contributed by atoms with Crippen LogP contribution in [-0.2, 0) is 6.18 Å². The van der Waals surface area contributed by atoms with Crippen LogP contribution in [0.2, 0.25) is 0 Å². The van der Waals surface area contributed by atoms with Crippen LogP contribution in [0.3, 0.4) is 0 Å². The van der Waals surface area contributed by atoms with Gasteiger partial charge in [0.25, 0.3) is 0 Å². The van der Waals surface area contributed by atoms with E-state index in [0.29, 0.717) is 24.4 Å². The predicted octanol–water partition coefficient (Wildman–Crippen LogP) is 3.34. The number of hydrogen-bond donors (Lipinski definition) is 1. The van der Waals surface area contributed by atoms with Crippen molar-refractivity contribution in [3.05, 3.63) is 35.1 Å². The van der Waals surface area contributed by atoms with Crippen LogP contribution < -0.4 is 5.73 Å². The first kappa shape index (κ1) is 14.5. The molecule has 1 atom stereocenters. The first-order valence-corrected chi connectivity index (χ1v) is 6.10. The van der Waals surface area contributed by atoms with Gasteiger partial charge in [0, 0.05) is 12.3 Å². The van der Waals surface area contributed by atoms with Crippen molar-refractivity contribution in [2.24, 2.45) is 21.9 Å². The van der Waals surface area contributed by atoms with Crippen LogP contribution in [-0.4, -0.2) is 11.5 Å². The van der Waals surface area contributed by atoms with Gasteiger partial charge in [0.05, 0.1) is 11.3 Å². The number of amidine groups is 1. The molecule has 2 N–H and O–H groups in total. The normalized spacial score (nSPS) is 19.6. The van der Waals surface area contributed by atoms with Gasteiger partial charge in [-0.1, -0.05) is 13.0 Å². The molecule has 0 aliphatic carbocycles. The highest BCUT2D eigenvalue weighted by Crippen LogP contribution is 2.33. The summed E-state index contributed by atoms with van der Waals surface area (Å²) in [4.78, 5) is 0. The largest absolute Gasteiger partial charge is 0.419 e. The molecular weight excluding hydrogens is 274 g/mol. The molecule has 108 valence electrons. The summed E-state index contributed by atoms with van der Waals surface area (Å²) in [5.41, 5.74) is 4.90. The summed E-state index contributed by atoms with van der Waals surface area (Å²) in [6.07, 6.45) is -3.64. The minimum absolute atomic E-state index is 0.112. The summed E-state index contributed by atoms with van der Waals surface area (Å²) in [5.74, 6) is -1.06. The van der Waals surface area contributed by atoms with Gasteiger partial charge in [-0.3, -0.25) is 0 Å². The number of alkyl halides is 3. The Morgan fingerprint density at radius 3 is 2.60 bits per heavy atom. The second kappa shape index (κ2) is 5.22. The van der Waals surface area contributed by atoms with Crippen molar-refractivity contribution < 1.29 is 17.6 Å². The van der Waals surface area contributed by atoms with Crippen LogP contribution in [0.5, 0.6) is 0 Å². The lowest BCUT2D eigenvalue weighted by atomic mass is 9.89.